The van der Waals surface area contributed by atoms with Crippen LogP contribution in [0.4, 0.5) is 0 Å². The Kier molecular flexibility index (Phi) is 10.8. The summed E-state index contributed by atoms with van der Waals surface area (Å²) in [5.41, 5.74) is 6.03. The van der Waals surface area contributed by atoms with Crippen LogP contribution in [-0.4, -0.2) is 10.2 Å². The smallest absolute Gasteiger partial charge is 0.122 e. The Morgan fingerprint density at radius 1 is 0.513 bits per heavy atom. The van der Waals surface area contributed by atoms with Gasteiger partial charge in [0.2, 0.25) is 0 Å². The van der Waals surface area contributed by atoms with Crippen molar-refractivity contribution in [2.75, 3.05) is 0 Å². The fourth-order valence-corrected chi connectivity index (χ4v) is 5.71. The Morgan fingerprint density at radius 3 is 1.13 bits per heavy atom. The molecule has 0 unspecified atom stereocenters. The molecule has 2 heteroatoms. The standard InChI is InChI=1S/C37H60O2/c1-13-15-17-19-36(9,10)28-22-26(32(38)30(24-28)34(3,4)5)21-27-23-29(37(11,12)20-18-16-14-2)25-31(33(27)39)35(6,7)8/h22-25,38-39H,13-21H2,1-12H3. The lowest BCUT2D eigenvalue weighted by Gasteiger charge is -2.31. The minimum absolute atomic E-state index is 0.0132. The van der Waals surface area contributed by atoms with Crippen molar-refractivity contribution >= 4 is 0 Å². The maximum Gasteiger partial charge on any atom is 0.122 e. The summed E-state index contributed by atoms with van der Waals surface area (Å²) >= 11 is 0. The van der Waals surface area contributed by atoms with E-state index in [-0.39, 0.29) is 21.7 Å². The van der Waals surface area contributed by atoms with Crippen molar-refractivity contribution in [3.63, 3.8) is 0 Å². The molecule has 39 heavy (non-hydrogen) atoms. The number of phenolic OH excluding ortho intramolecular Hbond substituents is 2. The average molecular weight is 537 g/mol. The van der Waals surface area contributed by atoms with Crippen LogP contribution >= 0.6 is 0 Å². The molecule has 220 valence electrons. The Hall–Kier alpha value is -1.96. The number of hydrogen-bond acceptors (Lipinski definition) is 2. The summed E-state index contributed by atoms with van der Waals surface area (Å²) < 4.78 is 0. The van der Waals surface area contributed by atoms with Gasteiger partial charge in [-0.1, -0.05) is 146 Å². The van der Waals surface area contributed by atoms with Gasteiger partial charge in [0, 0.05) is 6.42 Å². The first-order chi connectivity index (χ1) is 17.8. The van der Waals surface area contributed by atoms with Crippen molar-refractivity contribution in [3.05, 3.63) is 57.6 Å². The molecule has 0 saturated carbocycles. The summed E-state index contributed by atoms with van der Waals surface area (Å²) in [4.78, 5) is 0. The second kappa shape index (κ2) is 12.7. The maximum atomic E-state index is 11.6. The molecule has 2 aromatic carbocycles. The van der Waals surface area contributed by atoms with Crippen molar-refractivity contribution in [3.8, 4) is 11.5 Å². The molecule has 0 saturated heterocycles. The van der Waals surface area contributed by atoms with Gasteiger partial charge in [-0.05, 0) is 67.9 Å². The fourth-order valence-electron chi connectivity index (χ4n) is 5.71. The molecule has 0 radical (unpaired) electrons. The maximum absolute atomic E-state index is 11.6. The zero-order chi connectivity index (χ0) is 29.8. The van der Waals surface area contributed by atoms with Gasteiger partial charge in [-0.2, -0.15) is 0 Å². The van der Waals surface area contributed by atoms with E-state index in [2.05, 4.69) is 107 Å². The summed E-state index contributed by atoms with van der Waals surface area (Å²) in [6.45, 7) is 26.9. The van der Waals surface area contributed by atoms with E-state index in [0.29, 0.717) is 17.9 Å². The van der Waals surface area contributed by atoms with Gasteiger partial charge >= 0.3 is 0 Å². The van der Waals surface area contributed by atoms with E-state index in [4.69, 9.17) is 0 Å². The minimum Gasteiger partial charge on any atom is -0.507 e. The van der Waals surface area contributed by atoms with Gasteiger partial charge in [-0.3, -0.25) is 0 Å². The van der Waals surface area contributed by atoms with Gasteiger partial charge in [-0.15, -0.1) is 0 Å². The van der Waals surface area contributed by atoms with E-state index >= 15 is 0 Å². The second-order valence-electron chi connectivity index (χ2n) is 15.4. The highest BCUT2D eigenvalue weighted by Crippen LogP contribution is 2.43. The molecule has 0 heterocycles. The SMILES string of the molecule is CCCCCC(C)(C)c1cc(Cc2cc(C(C)(C)CCCCC)cc(C(C)(C)C)c2O)c(O)c(C(C)(C)C)c1. The first-order valence-electron chi connectivity index (χ1n) is 15.6. The van der Waals surface area contributed by atoms with E-state index in [9.17, 15) is 10.2 Å². The fraction of sp³-hybridized carbons (Fsp3) is 0.676. The minimum atomic E-state index is -0.184. The van der Waals surface area contributed by atoms with Crippen LogP contribution in [0.5, 0.6) is 11.5 Å². The topological polar surface area (TPSA) is 40.5 Å². The van der Waals surface area contributed by atoms with Gasteiger partial charge in [0.1, 0.15) is 11.5 Å². The van der Waals surface area contributed by atoms with Crippen LogP contribution in [0.25, 0.3) is 0 Å². The van der Waals surface area contributed by atoms with Crippen LogP contribution in [0.15, 0.2) is 24.3 Å². The lowest BCUT2D eigenvalue weighted by molar-refractivity contribution is 0.424. The second-order valence-corrected chi connectivity index (χ2v) is 15.4. The van der Waals surface area contributed by atoms with Gasteiger partial charge in [0.25, 0.3) is 0 Å². The van der Waals surface area contributed by atoms with E-state index in [1.54, 1.807) is 0 Å². The largest absolute Gasteiger partial charge is 0.507 e. The molecule has 0 aliphatic rings. The van der Waals surface area contributed by atoms with E-state index in [0.717, 1.165) is 35.1 Å². The summed E-state index contributed by atoms with van der Waals surface area (Å²) in [5.74, 6) is 0.750. The third-order valence-corrected chi connectivity index (χ3v) is 8.75. The number of hydrogen-bond donors (Lipinski definition) is 2. The third kappa shape index (κ3) is 8.51. The van der Waals surface area contributed by atoms with E-state index < -0.39 is 0 Å². The Bertz CT molecular complexity index is 1000. The van der Waals surface area contributed by atoms with Crippen molar-refractivity contribution in [2.45, 2.75) is 163 Å². The third-order valence-electron chi connectivity index (χ3n) is 8.75. The molecular formula is C37H60O2. The zero-order valence-electron chi connectivity index (χ0n) is 27.6. The molecule has 0 bridgehead atoms. The molecule has 0 fully saturated rings. The van der Waals surface area contributed by atoms with Crippen LogP contribution < -0.4 is 0 Å². The average Bonchev–Trinajstić information content (AvgIpc) is 2.80. The molecule has 0 spiro atoms. The quantitative estimate of drug-likeness (QED) is 0.265. The summed E-state index contributed by atoms with van der Waals surface area (Å²) in [6, 6.07) is 8.90. The van der Waals surface area contributed by atoms with Crippen molar-refractivity contribution in [1.29, 1.82) is 0 Å². The molecule has 0 amide bonds. The Labute approximate surface area is 241 Å². The summed E-state index contributed by atoms with van der Waals surface area (Å²) in [5, 5.41) is 23.2. The molecule has 2 aromatic rings. The first-order valence-corrected chi connectivity index (χ1v) is 15.6. The van der Waals surface area contributed by atoms with Crippen LogP contribution in [0, 0.1) is 0 Å². The summed E-state index contributed by atoms with van der Waals surface area (Å²) in [7, 11) is 0. The highest BCUT2D eigenvalue weighted by molar-refractivity contribution is 5.55. The first kappa shape index (κ1) is 33.2. The molecule has 0 aliphatic carbocycles. The normalized spacial score (nSPS) is 13.2. The summed E-state index contributed by atoms with van der Waals surface area (Å²) in [6.07, 6.45) is 10.1. The highest BCUT2D eigenvalue weighted by atomic mass is 16.3. The number of unbranched alkanes of at least 4 members (excludes halogenated alkanes) is 4. The molecule has 0 aromatic heterocycles. The van der Waals surface area contributed by atoms with E-state index in [1.165, 1.54) is 49.7 Å². The lowest BCUT2D eigenvalue weighted by Crippen LogP contribution is -2.21. The predicted octanol–water partition coefficient (Wildman–Crippen LogP) is 11.0. The molecule has 2 N–H and O–H groups in total. The van der Waals surface area contributed by atoms with Gasteiger partial charge in [0.15, 0.2) is 0 Å². The van der Waals surface area contributed by atoms with Gasteiger partial charge in [-0.25, -0.2) is 0 Å². The Morgan fingerprint density at radius 2 is 0.846 bits per heavy atom. The molecule has 0 atom stereocenters. The van der Waals surface area contributed by atoms with Gasteiger partial charge in [0.05, 0.1) is 0 Å². The lowest BCUT2D eigenvalue weighted by atomic mass is 9.74. The van der Waals surface area contributed by atoms with Gasteiger partial charge < -0.3 is 10.2 Å². The molecule has 0 aliphatic heterocycles. The molecule has 2 rings (SSSR count). The van der Waals surface area contributed by atoms with Crippen molar-refractivity contribution in [1.82, 2.24) is 0 Å². The predicted molar refractivity (Wildman–Crippen MR) is 171 cm³/mol. The number of aromatic hydroxyl groups is 2. The zero-order valence-corrected chi connectivity index (χ0v) is 27.6. The van der Waals surface area contributed by atoms with Crippen LogP contribution in [0.3, 0.4) is 0 Å². The van der Waals surface area contributed by atoms with Crippen LogP contribution in [0.1, 0.15) is 168 Å². The van der Waals surface area contributed by atoms with Crippen molar-refractivity contribution in [2.24, 2.45) is 0 Å². The highest BCUT2D eigenvalue weighted by Gasteiger charge is 2.30. The Balaban J connectivity index is 2.71. The molecular weight excluding hydrogens is 476 g/mol. The van der Waals surface area contributed by atoms with E-state index in [1.807, 2.05) is 0 Å². The van der Waals surface area contributed by atoms with Crippen LogP contribution in [-0.2, 0) is 28.1 Å². The molecule has 2 nitrogen and oxygen atoms in total. The van der Waals surface area contributed by atoms with Crippen LogP contribution in [0.2, 0.25) is 0 Å². The monoisotopic (exact) mass is 536 g/mol. The number of phenols is 2. The number of rotatable bonds is 12. The van der Waals surface area contributed by atoms with Crippen molar-refractivity contribution < 1.29 is 10.2 Å². The number of benzene rings is 2.